The first-order chi connectivity index (χ1) is 14.1. The lowest BCUT2D eigenvalue weighted by molar-refractivity contribution is 0.239. The van der Waals surface area contributed by atoms with Gasteiger partial charge in [0.15, 0.2) is 5.82 Å². The first kappa shape index (κ1) is 19.0. The van der Waals surface area contributed by atoms with Crippen molar-refractivity contribution in [3.63, 3.8) is 0 Å². The molecule has 0 aliphatic carbocycles. The molecule has 1 fully saturated rings. The fraction of sp³-hybridized carbons (Fsp3) is 0.304. The van der Waals surface area contributed by atoms with E-state index in [9.17, 15) is 10.4 Å². The number of piperazine rings is 1. The molecule has 0 radical (unpaired) electrons. The van der Waals surface area contributed by atoms with E-state index in [1.54, 1.807) is 0 Å². The highest BCUT2D eigenvalue weighted by Crippen LogP contribution is 2.24. The predicted octanol–water partition coefficient (Wildman–Crippen LogP) is 3.79. The highest BCUT2D eigenvalue weighted by atomic mass is 16.3. The minimum atomic E-state index is 0.0618. The minimum absolute atomic E-state index is 0.0618. The molecule has 2 N–H and O–H groups in total. The number of fused-ring (bicyclic) bond motifs is 1. The van der Waals surface area contributed by atoms with Crippen LogP contribution in [0.1, 0.15) is 17.0 Å². The Morgan fingerprint density at radius 2 is 1.86 bits per heavy atom. The molecule has 0 spiro atoms. The van der Waals surface area contributed by atoms with Gasteiger partial charge in [-0.15, -0.1) is 0 Å². The number of imidazole rings is 1. The monoisotopic (exact) mass is 387 g/mol. The summed E-state index contributed by atoms with van der Waals surface area (Å²) < 4.78 is 0. The number of anilines is 1. The fourth-order valence-electron chi connectivity index (χ4n) is 3.84. The minimum Gasteiger partial charge on any atom is -0.509 e. The van der Waals surface area contributed by atoms with Crippen LogP contribution < -0.4 is 4.90 Å². The normalized spacial score (nSPS) is 16.0. The average Bonchev–Trinajstić information content (AvgIpc) is 3.15. The third-order valence-electron chi connectivity index (χ3n) is 5.69. The number of benzene rings is 2. The van der Waals surface area contributed by atoms with Crippen molar-refractivity contribution in [2.45, 2.75) is 13.8 Å². The van der Waals surface area contributed by atoms with Crippen LogP contribution >= 0.6 is 0 Å². The van der Waals surface area contributed by atoms with Crippen molar-refractivity contribution < 1.29 is 5.11 Å². The van der Waals surface area contributed by atoms with E-state index in [1.807, 2.05) is 24.3 Å². The summed E-state index contributed by atoms with van der Waals surface area (Å²) in [4.78, 5) is 12.1. The summed E-state index contributed by atoms with van der Waals surface area (Å²) in [6, 6.07) is 16.1. The van der Waals surface area contributed by atoms with E-state index in [-0.39, 0.29) is 11.3 Å². The molecule has 2 heterocycles. The second-order valence-corrected chi connectivity index (χ2v) is 7.52. The van der Waals surface area contributed by atoms with Crippen LogP contribution in [0.4, 0.5) is 5.69 Å². The molecule has 1 aliphatic heterocycles. The fourth-order valence-corrected chi connectivity index (χ4v) is 3.84. The van der Waals surface area contributed by atoms with Gasteiger partial charge in [0.05, 0.1) is 17.6 Å². The van der Waals surface area contributed by atoms with Crippen molar-refractivity contribution in [3.8, 4) is 6.07 Å². The van der Waals surface area contributed by atoms with E-state index in [0.29, 0.717) is 12.4 Å². The van der Waals surface area contributed by atoms with E-state index in [0.717, 1.165) is 37.2 Å². The van der Waals surface area contributed by atoms with Gasteiger partial charge in [0.25, 0.3) is 0 Å². The summed E-state index contributed by atoms with van der Waals surface area (Å²) >= 11 is 0. The number of para-hydroxylation sites is 2. The molecule has 4 rings (SSSR count). The number of hydrogen-bond acceptors (Lipinski definition) is 5. The molecule has 2 aromatic carbocycles. The molecule has 3 aromatic rings. The molecule has 0 atom stereocenters. The molecule has 6 heteroatoms. The van der Waals surface area contributed by atoms with Crippen LogP contribution in [0.15, 0.2) is 48.2 Å². The van der Waals surface area contributed by atoms with Gasteiger partial charge in [-0.2, -0.15) is 5.26 Å². The van der Waals surface area contributed by atoms with Crippen LogP contribution in [0.3, 0.4) is 0 Å². The molecule has 0 saturated carbocycles. The number of allylic oxidation sites excluding steroid dienone is 1. The SMILES string of the molecule is Cc1cccc(N2CCN(C/C(O)=C(\C#N)c3nc4ccccc4[nH]3)CC2)c1C. The van der Waals surface area contributed by atoms with E-state index < -0.39 is 0 Å². The number of aliphatic hydroxyl groups excluding tert-OH is 1. The molecule has 148 valence electrons. The zero-order valence-corrected chi connectivity index (χ0v) is 16.8. The third-order valence-corrected chi connectivity index (χ3v) is 5.69. The maximum absolute atomic E-state index is 10.6. The molecule has 6 nitrogen and oxygen atoms in total. The van der Waals surface area contributed by atoms with Gasteiger partial charge in [-0.25, -0.2) is 4.98 Å². The number of rotatable bonds is 4. The first-order valence-corrected chi connectivity index (χ1v) is 9.87. The number of hydrogen-bond donors (Lipinski definition) is 2. The molecule has 1 aromatic heterocycles. The van der Waals surface area contributed by atoms with Gasteiger partial charge in [0.1, 0.15) is 17.4 Å². The van der Waals surface area contributed by atoms with Crippen molar-refractivity contribution in [1.82, 2.24) is 14.9 Å². The van der Waals surface area contributed by atoms with E-state index in [1.165, 1.54) is 16.8 Å². The van der Waals surface area contributed by atoms with E-state index in [2.05, 4.69) is 57.9 Å². The van der Waals surface area contributed by atoms with Gasteiger partial charge in [0, 0.05) is 31.9 Å². The summed E-state index contributed by atoms with van der Waals surface area (Å²) in [5.74, 6) is 0.479. The Hall–Kier alpha value is -3.30. The molecule has 1 aliphatic rings. The number of nitrogens with zero attached hydrogens (tertiary/aromatic N) is 4. The summed E-state index contributed by atoms with van der Waals surface area (Å²) in [7, 11) is 0. The molecular weight excluding hydrogens is 362 g/mol. The van der Waals surface area contributed by atoms with Crippen LogP contribution in [0.5, 0.6) is 0 Å². The predicted molar refractivity (Wildman–Crippen MR) is 116 cm³/mol. The van der Waals surface area contributed by atoms with E-state index in [4.69, 9.17) is 0 Å². The van der Waals surface area contributed by atoms with Crippen LogP contribution in [-0.4, -0.2) is 52.7 Å². The van der Waals surface area contributed by atoms with Crippen molar-refractivity contribution in [2.24, 2.45) is 0 Å². The lowest BCUT2D eigenvalue weighted by Gasteiger charge is -2.36. The Kier molecular flexibility index (Phi) is 5.24. The first-order valence-electron chi connectivity index (χ1n) is 9.87. The van der Waals surface area contributed by atoms with Crippen molar-refractivity contribution in [3.05, 3.63) is 65.2 Å². The number of nitrogens with one attached hydrogen (secondary N) is 1. The zero-order chi connectivity index (χ0) is 20.4. The molecule has 0 amide bonds. The topological polar surface area (TPSA) is 79.2 Å². The van der Waals surface area contributed by atoms with Crippen LogP contribution in [0.2, 0.25) is 0 Å². The highest BCUT2D eigenvalue weighted by molar-refractivity contribution is 5.82. The molecule has 0 unspecified atom stereocenters. The third kappa shape index (κ3) is 3.82. The van der Waals surface area contributed by atoms with Crippen molar-refractivity contribution in [2.75, 3.05) is 37.6 Å². The highest BCUT2D eigenvalue weighted by Gasteiger charge is 2.21. The number of nitriles is 1. The standard InChI is InChI=1S/C23H25N5O/c1-16-6-5-9-21(17(16)2)28-12-10-27(11-13-28)15-22(29)18(14-24)23-25-19-7-3-4-8-20(19)26-23/h3-9,29H,10-13,15H2,1-2H3,(H,25,26)/b22-18-. The van der Waals surface area contributed by atoms with Gasteiger partial charge in [0.2, 0.25) is 0 Å². The Labute approximate surface area is 170 Å². The summed E-state index contributed by atoms with van der Waals surface area (Å²) in [6.45, 7) is 8.10. The van der Waals surface area contributed by atoms with Crippen LogP contribution in [0, 0.1) is 25.2 Å². The number of aryl methyl sites for hydroxylation is 1. The van der Waals surface area contributed by atoms with Gasteiger partial charge < -0.3 is 15.0 Å². The quantitative estimate of drug-likeness (QED) is 0.526. The maximum Gasteiger partial charge on any atom is 0.152 e. The molecule has 1 saturated heterocycles. The second-order valence-electron chi connectivity index (χ2n) is 7.52. The second kappa shape index (κ2) is 7.98. The summed E-state index contributed by atoms with van der Waals surface area (Å²) in [6.07, 6.45) is 0. The van der Waals surface area contributed by atoms with Gasteiger partial charge >= 0.3 is 0 Å². The lowest BCUT2D eigenvalue weighted by atomic mass is 10.1. The molecule has 29 heavy (non-hydrogen) atoms. The summed E-state index contributed by atoms with van der Waals surface area (Å²) in [5, 5.41) is 20.2. The molecule has 0 bridgehead atoms. The van der Waals surface area contributed by atoms with Crippen molar-refractivity contribution in [1.29, 1.82) is 5.26 Å². The van der Waals surface area contributed by atoms with Gasteiger partial charge in [-0.3, -0.25) is 4.90 Å². The van der Waals surface area contributed by atoms with Crippen LogP contribution in [-0.2, 0) is 0 Å². The summed E-state index contributed by atoms with van der Waals surface area (Å²) in [5.41, 5.74) is 5.74. The Balaban J connectivity index is 1.46. The zero-order valence-electron chi connectivity index (χ0n) is 16.8. The maximum atomic E-state index is 10.6. The van der Waals surface area contributed by atoms with Crippen molar-refractivity contribution >= 4 is 22.3 Å². The van der Waals surface area contributed by atoms with E-state index >= 15 is 0 Å². The van der Waals surface area contributed by atoms with Crippen LogP contribution in [0.25, 0.3) is 16.6 Å². The average molecular weight is 387 g/mol. The Morgan fingerprint density at radius 3 is 2.59 bits per heavy atom. The van der Waals surface area contributed by atoms with Gasteiger partial charge in [-0.1, -0.05) is 24.3 Å². The number of aromatic nitrogens is 2. The lowest BCUT2D eigenvalue weighted by Crippen LogP contribution is -2.47. The van der Waals surface area contributed by atoms with Gasteiger partial charge in [-0.05, 0) is 43.2 Å². The molecular formula is C23H25N5O. The Bertz CT molecular complexity index is 1070. The largest absolute Gasteiger partial charge is 0.509 e. The Morgan fingerprint density at radius 1 is 1.10 bits per heavy atom. The number of H-pyrrole nitrogens is 1. The number of aliphatic hydroxyl groups is 1. The smallest absolute Gasteiger partial charge is 0.152 e. The number of aromatic amines is 1.